The number of fused-ring (bicyclic) bond motifs is 2. The van der Waals surface area contributed by atoms with Gasteiger partial charge in [-0.15, -0.1) is 0 Å². The molecule has 0 aromatic heterocycles. The largest absolute Gasteiger partial charge is 0.456 e. The van der Waals surface area contributed by atoms with Gasteiger partial charge >= 0.3 is 5.97 Å². The average Bonchev–Trinajstić information content (AvgIpc) is 3.16. The topological polar surface area (TPSA) is 217 Å². The first kappa shape index (κ1) is 49.7. The Morgan fingerprint density at radius 3 is 2.05 bits per heavy atom. The lowest BCUT2D eigenvalue weighted by molar-refractivity contribution is -0.388. The van der Waals surface area contributed by atoms with Crippen molar-refractivity contribution in [1.82, 2.24) is 0 Å². The van der Waals surface area contributed by atoms with E-state index in [-0.39, 0.29) is 24.7 Å². The fourth-order valence-electron chi connectivity index (χ4n) is 8.94. The smallest absolute Gasteiger partial charge is 0.330 e. The molecule has 0 aromatic rings. The van der Waals surface area contributed by atoms with E-state index >= 15 is 0 Å². The van der Waals surface area contributed by atoms with E-state index in [1.54, 1.807) is 27.7 Å². The molecule has 2 bridgehead atoms. The van der Waals surface area contributed by atoms with Crippen LogP contribution in [0.1, 0.15) is 115 Å². The van der Waals surface area contributed by atoms with E-state index < -0.39 is 119 Å². The van der Waals surface area contributed by atoms with Crippen LogP contribution < -0.4 is 0 Å². The molecule has 18 atom stereocenters. The highest BCUT2D eigenvalue weighted by atomic mass is 16.7. The van der Waals surface area contributed by atoms with Crippen LogP contribution in [0, 0.1) is 47.3 Å². The van der Waals surface area contributed by atoms with E-state index in [0.717, 1.165) is 12.5 Å². The molecule has 0 radical (unpaired) electrons. The van der Waals surface area contributed by atoms with Crippen LogP contribution in [0.2, 0.25) is 0 Å². The Morgan fingerprint density at radius 2 is 1.45 bits per heavy atom. The highest BCUT2D eigenvalue weighted by molar-refractivity contribution is 5.91. The summed E-state index contributed by atoms with van der Waals surface area (Å²) >= 11 is 0. The molecule has 3 aliphatic heterocycles. The second-order valence-electron chi connectivity index (χ2n) is 18.2. The molecular formula is C45H72O13. The molecule has 0 amide bonds. The maximum Gasteiger partial charge on any atom is 0.330 e. The first-order valence-corrected chi connectivity index (χ1v) is 21.2. The summed E-state index contributed by atoms with van der Waals surface area (Å²) < 4.78 is 19.0. The van der Waals surface area contributed by atoms with Gasteiger partial charge in [0.15, 0.2) is 17.2 Å². The van der Waals surface area contributed by atoms with E-state index in [4.69, 9.17) is 14.2 Å². The van der Waals surface area contributed by atoms with Gasteiger partial charge in [0.1, 0.15) is 17.5 Å². The Morgan fingerprint density at radius 1 is 0.828 bits per heavy atom. The van der Waals surface area contributed by atoms with Crippen LogP contribution in [0.3, 0.4) is 0 Å². The van der Waals surface area contributed by atoms with E-state index in [2.05, 4.69) is 0 Å². The molecule has 0 aromatic carbocycles. The Kier molecular flexibility index (Phi) is 17.4. The quantitative estimate of drug-likeness (QED) is 0.221. The van der Waals surface area contributed by atoms with E-state index in [0.29, 0.717) is 19.3 Å². The first-order chi connectivity index (χ1) is 26.8. The number of ether oxygens (including phenoxy) is 3. The molecule has 58 heavy (non-hydrogen) atoms. The van der Waals surface area contributed by atoms with E-state index in [9.17, 15) is 49.8 Å². The van der Waals surface area contributed by atoms with Gasteiger partial charge in [0.05, 0.1) is 36.6 Å². The second kappa shape index (κ2) is 20.3. The maximum atomic E-state index is 14.0. The zero-order valence-electron chi connectivity index (χ0n) is 36.4. The number of aliphatic hydroxyl groups excluding tert-OH is 4. The lowest BCUT2D eigenvalue weighted by Crippen LogP contribution is -2.75. The number of Topliss-reactive ketones (excluding diaryl/α,β-unsaturated/α-hetero) is 3. The molecule has 13 heteroatoms. The van der Waals surface area contributed by atoms with Gasteiger partial charge in [0.25, 0.3) is 5.79 Å². The molecule has 330 valence electrons. The fraction of sp³-hybridized carbons (Fsp3) is 0.778. The maximum absolute atomic E-state index is 14.0. The molecule has 2 fully saturated rings. The van der Waals surface area contributed by atoms with Crippen molar-refractivity contribution in [2.24, 2.45) is 47.3 Å². The van der Waals surface area contributed by atoms with E-state index in [1.165, 1.54) is 40.7 Å². The van der Waals surface area contributed by atoms with Crippen molar-refractivity contribution in [3.63, 3.8) is 0 Å². The number of esters is 1. The van der Waals surface area contributed by atoms with Crippen molar-refractivity contribution in [2.45, 2.75) is 174 Å². The van der Waals surface area contributed by atoms with Gasteiger partial charge in [0, 0.05) is 42.1 Å². The SMILES string of the molecule is CC[C@H]1/C=C/C=C/C[C@@H](C)[C@@H](O)[C@@](C)(O)C(=O)[C@@H](C)[C@@H](O)[C@@H](C)C(=O)[C@@H](C)[C@H](O)[C@@H](C)/C=C/C(=O)O[C@@H]2[C@@H](C)[C@@H](CC1)O[C@@]1(O[C@@H](C[C@H](C)O)[C@@H](C)CC1=O)[C@]2(C)O. The van der Waals surface area contributed by atoms with Gasteiger partial charge in [-0.3, -0.25) is 14.4 Å². The van der Waals surface area contributed by atoms with Crippen LogP contribution in [0.15, 0.2) is 36.5 Å². The van der Waals surface area contributed by atoms with Crippen LogP contribution in [-0.2, 0) is 33.4 Å². The number of hydrogen-bond acceptors (Lipinski definition) is 13. The van der Waals surface area contributed by atoms with Gasteiger partial charge in [-0.2, -0.15) is 0 Å². The minimum Gasteiger partial charge on any atom is -0.456 e. The van der Waals surface area contributed by atoms with Crippen molar-refractivity contribution in [1.29, 1.82) is 0 Å². The van der Waals surface area contributed by atoms with Gasteiger partial charge in [-0.25, -0.2) is 4.79 Å². The number of rotatable bonds is 3. The molecule has 0 saturated carbocycles. The highest BCUT2D eigenvalue weighted by Gasteiger charge is 2.69. The third-order valence-corrected chi connectivity index (χ3v) is 13.3. The lowest BCUT2D eigenvalue weighted by Gasteiger charge is -2.57. The Labute approximate surface area is 344 Å². The number of hydrogen-bond donors (Lipinski definition) is 6. The molecule has 0 unspecified atom stereocenters. The number of ketones is 3. The van der Waals surface area contributed by atoms with Crippen molar-refractivity contribution < 1.29 is 64.0 Å². The van der Waals surface area contributed by atoms with Crippen molar-refractivity contribution in [2.75, 3.05) is 0 Å². The minimum absolute atomic E-state index is 0.00618. The molecule has 3 heterocycles. The van der Waals surface area contributed by atoms with Crippen LogP contribution in [0.25, 0.3) is 0 Å². The van der Waals surface area contributed by atoms with E-state index in [1.807, 2.05) is 38.2 Å². The summed E-state index contributed by atoms with van der Waals surface area (Å²) in [5.41, 5.74) is -4.38. The molecule has 2 saturated heterocycles. The Balaban J connectivity index is 2.06. The monoisotopic (exact) mass is 820 g/mol. The second-order valence-corrected chi connectivity index (χ2v) is 18.2. The van der Waals surface area contributed by atoms with Crippen molar-refractivity contribution >= 4 is 23.3 Å². The van der Waals surface area contributed by atoms with Gasteiger partial charge < -0.3 is 44.8 Å². The third kappa shape index (κ3) is 10.8. The summed E-state index contributed by atoms with van der Waals surface area (Å²) in [7, 11) is 0. The zero-order valence-corrected chi connectivity index (χ0v) is 36.4. The molecule has 13 nitrogen and oxygen atoms in total. The zero-order chi connectivity index (χ0) is 44.1. The lowest BCUT2D eigenvalue weighted by atomic mass is 9.71. The normalized spacial score (nSPS) is 46.9. The van der Waals surface area contributed by atoms with Crippen molar-refractivity contribution in [3.05, 3.63) is 36.5 Å². The summed E-state index contributed by atoms with van der Waals surface area (Å²) in [6, 6.07) is 0. The molecule has 1 spiro atoms. The standard InChI is InChI=1S/C45H72O13/c1-12-32-17-15-13-14-16-25(3)40(52)43(10,54)41(53)31(9)39(51)30(8)38(50)29(7)37(49)24(2)18-21-36(48)56-42-28(6)33(20-19-32)57-45(44(42,11)55)35(47)22-26(4)34(58-45)23-27(5)46/h13-15,17-18,21,24-34,37,39-40,42,46,49,51-52,54-55H,12,16,19-20,22-23H2,1-11H3/b14-13+,17-15+,21-18+/t24-,25+,26-,27-,28-,29-,30-,31-,32-,33+,34-,37+,39-,40+,42+,43+,44+,45-/m0/s1. The molecule has 6 N–H and O–H groups in total. The van der Waals surface area contributed by atoms with Gasteiger partial charge in [-0.1, -0.05) is 85.8 Å². The van der Waals surface area contributed by atoms with Crippen LogP contribution >= 0.6 is 0 Å². The summed E-state index contributed by atoms with van der Waals surface area (Å²) in [6.07, 6.45) is 4.55. The number of aliphatic hydroxyl groups is 6. The average molecular weight is 821 g/mol. The molecular weight excluding hydrogens is 748 g/mol. The Bertz CT molecular complexity index is 1510. The van der Waals surface area contributed by atoms with Gasteiger partial charge in [-0.05, 0) is 70.6 Å². The van der Waals surface area contributed by atoms with Crippen LogP contribution in [-0.4, -0.2) is 114 Å². The highest BCUT2D eigenvalue weighted by Crippen LogP contribution is 2.49. The number of carbonyl (C=O) groups is 4. The number of carbonyl (C=O) groups excluding carboxylic acids is 4. The van der Waals surface area contributed by atoms with Crippen molar-refractivity contribution in [3.8, 4) is 0 Å². The predicted molar refractivity (Wildman–Crippen MR) is 217 cm³/mol. The van der Waals surface area contributed by atoms with Crippen LogP contribution in [0.5, 0.6) is 0 Å². The minimum atomic E-state index is -2.23. The first-order valence-electron chi connectivity index (χ1n) is 21.2. The molecule has 3 aliphatic rings. The Hall–Kier alpha value is -2.62. The third-order valence-electron chi connectivity index (χ3n) is 13.3. The summed E-state index contributed by atoms with van der Waals surface area (Å²) in [6.45, 7) is 17.4. The fourth-order valence-corrected chi connectivity index (χ4v) is 8.94. The molecule has 3 rings (SSSR count). The van der Waals surface area contributed by atoms with Crippen LogP contribution in [0.4, 0.5) is 0 Å². The number of allylic oxidation sites excluding steroid dienone is 4. The summed E-state index contributed by atoms with van der Waals surface area (Å²) in [5, 5.41) is 67.3. The van der Waals surface area contributed by atoms with Gasteiger partial charge in [0.2, 0.25) is 0 Å². The summed E-state index contributed by atoms with van der Waals surface area (Å²) in [5.74, 6) is -10.5. The predicted octanol–water partition coefficient (Wildman–Crippen LogP) is 4.18. The molecule has 0 aliphatic carbocycles. The summed E-state index contributed by atoms with van der Waals surface area (Å²) in [4.78, 5) is 54.6.